The van der Waals surface area contributed by atoms with Crippen molar-refractivity contribution in [3.05, 3.63) is 63.6 Å². The zero-order chi connectivity index (χ0) is 26.0. The lowest BCUT2D eigenvalue weighted by molar-refractivity contribution is -0.151. The average molecular weight is 522 g/mol. The van der Waals surface area contributed by atoms with E-state index in [9.17, 15) is 24.6 Å². The molecule has 0 radical (unpaired) electrons. The molecule has 1 fully saturated rings. The summed E-state index contributed by atoms with van der Waals surface area (Å²) in [6.07, 6.45) is 0.804. The van der Waals surface area contributed by atoms with Gasteiger partial charge in [-0.25, -0.2) is 4.79 Å². The maximum atomic E-state index is 13.2. The molecule has 3 N–H and O–H groups in total. The summed E-state index contributed by atoms with van der Waals surface area (Å²) in [7, 11) is 0. The Morgan fingerprint density at radius 2 is 1.66 bits per heavy atom. The molecule has 35 heavy (non-hydrogen) atoms. The summed E-state index contributed by atoms with van der Waals surface area (Å²) in [6, 6.07) is 10.9. The Hall–Kier alpha value is -2.77. The van der Waals surface area contributed by atoms with Crippen LogP contribution in [0.2, 0.25) is 10.0 Å². The van der Waals surface area contributed by atoms with E-state index in [1.54, 1.807) is 63.2 Å². The highest BCUT2D eigenvalue weighted by molar-refractivity contribution is 6.35. The van der Waals surface area contributed by atoms with Crippen molar-refractivity contribution in [1.82, 2.24) is 5.32 Å². The first-order valence-corrected chi connectivity index (χ1v) is 12.0. The van der Waals surface area contributed by atoms with Crippen LogP contribution in [-0.2, 0) is 27.4 Å². The fourth-order valence-electron chi connectivity index (χ4n) is 4.64. The molecule has 2 aromatic rings. The number of aliphatic carboxylic acids is 2. The van der Waals surface area contributed by atoms with Crippen LogP contribution in [0.4, 0.5) is 0 Å². The minimum absolute atomic E-state index is 0.0660. The highest BCUT2D eigenvalue weighted by Crippen LogP contribution is 2.56. The number of hydrogen-bond acceptors (Lipinski definition) is 4. The van der Waals surface area contributed by atoms with Crippen molar-refractivity contribution >= 4 is 41.0 Å². The first-order valence-electron chi connectivity index (χ1n) is 11.3. The lowest BCUT2D eigenvalue weighted by Crippen LogP contribution is -2.53. The van der Waals surface area contributed by atoms with Gasteiger partial charge in [-0.2, -0.15) is 0 Å². The molecule has 3 rings (SSSR count). The molecule has 2 unspecified atom stereocenters. The summed E-state index contributed by atoms with van der Waals surface area (Å²) < 4.78 is 5.76. The molecule has 9 heteroatoms. The van der Waals surface area contributed by atoms with Gasteiger partial charge in [-0.15, -0.1) is 0 Å². The van der Waals surface area contributed by atoms with Crippen molar-refractivity contribution < 1.29 is 29.3 Å². The first-order chi connectivity index (χ1) is 16.4. The summed E-state index contributed by atoms with van der Waals surface area (Å²) in [5.74, 6) is -2.67. The van der Waals surface area contributed by atoms with Crippen LogP contribution < -0.4 is 10.1 Å². The van der Waals surface area contributed by atoms with Crippen LogP contribution in [0.5, 0.6) is 5.75 Å². The highest BCUT2D eigenvalue weighted by Gasteiger charge is 2.58. The number of ether oxygens (including phenoxy) is 1. The number of carbonyl (C=O) groups excluding carboxylic acids is 1. The summed E-state index contributed by atoms with van der Waals surface area (Å²) in [5, 5.41) is 22.9. The monoisotopic (exact) mass is 521 g/mol. The van der Waals surface area contributed by atoms with Gasteiger partial charge in [-0.3, -0.25) is 9.59 Å². The summed E-state index contributed by atoms with van der Waals surface area (Å²) in [4.78, 5) is 36.7. The molecule has 0 aromatic heterocycles. The number of amides is 1. The average Bonchev–Trinajstić information content (AvgIpc) is 3.03. The van der Waals surface area contributed by atoms with Crippen molar-refractivity contribution in [2.45, 2.75) is 52.7 Å². The number of carbonyl (C=O) groups is 3. The quantitative estimate of drug-likeness (QED) is 0.417. The van der Waals surface area contributed by atoms with Gasteiger partial charge in [-0.1, -0.05) is 62.2 Å². The molecular weight excluding hydrogens is 493 g/mol. The zero-order valence-corrected chi connectivity index (χ0v) is 21.3. The van der Waals surface area contributed by atoms with E-state index in [-0.39, 0.29) is 13.0 Å². The van der Waals surface area contributed by atoms with Gasteiger partial charge in [0.1, 0.15) is 18.4 Å². The number of carboxylic acid groups (broad SMARTS) is 2. The van der Waals surface area contributed by atoms with E-state index in [0.717, 1.165) is 0 Å². The summed E-state index contributed by atoms with van der Waals surface area (Å²) in [6.45, 7) is 5.39. The van der Waals surface area contributed by atoms with Crippen LogP contribution in [0.25, 0.3) is 0 Å². The van der Waals surface area contributed by atoms with Crippen LogP contribution in [0, 0.1) is 16.7 Å². The number of benzene rings is 2. The third kappa shape index (κ3) is 5.57. The predicted molar refractivity (Wildman–Crippen MR) is 133 cm³/mol. The van der Waals surface area contributed by atoms with Gasteiger partial charge < -0.3 is 20.3 Å². The van der Waals surface area contributed by atoms with Crippen LogP contribution in [0.1, 0.15) is 44.7 Å². The molecule has 0 heterocycles. The van der Waals surface area contributed by atoms with Gasteiger partial charge in [0.2, 0.25) is 5.91 Å². The predicted octanol–water partition coefficient (Wildman–Crippen LogP) is 5.21. The third-order valence-electron chi connectivity index (χ3n) is 7.44. The minimum Gasteiger partial charge on any atom is -0.489 e. The van der Waals surface area contributed by atoms with Gasteiger partial charge in [0.25, 0.3) is 0 Å². The molecule has 3 atom stereocenters. The van der Waals surface area contributed by atoms with Gasteiger partial charge in [0.15, 0.2) is 0 Å². The first kappa shape index (κ1) is 26.8. The van der Waals surface area contributed by atoms with Gasteiger partial charge in [0.05, 0.1) is 11.3 Å². The van der Waals surface area contributed by atoms with E-state index in [2.05, 4.69) is 5.32 Å². The van der Waals surface area contributed by atoms with Crippen molar-refractivity contribution in [3.8, 4) is 5.75 Å². The molecule has 1 amide bonds. The topological polar surface area (TPSA) is 113 Å². The largest absolute Gasteiger partial charge is 0.489 e. The van der Waals surface area contributed by atoms with Crippen LogP contribution in [0.3, 0.4) is 0 Å². The number of carboxylic acids is 2. The molecule has 0 aliphatic heterocycles. The lowest BCUT2D eigenvalue weighted by atomic mass is 9.65. The molecule has 188 valence electrons. The molecule has 0 spiro atoms. The lowest BCUT2D eigenvalue weighted by Gasteiger charge is -2.39. The fraction of sp³-hybridized carbons (Fsp3) is 0.423. The van der Waals surface area contributed by atoms with E-state index in [4.69, 9.17) is 27.9 Å². The molecule has 2 aromatic carbocycles. The molecular formula is C26H29Cl2NO6. The highest BCUT2D eigenvalue weighted by atomic mass is 35.5. The van der Waals surface area contributed by atoms with Crippen molar-refractivity contribution in [2.75, 3.05) is 0 Å². The normalized spacial score (nSPS) is 21.8. The zero-order valence-electron chi connectivity index (χ0n) is 19.8. The van der Waals surface area contributed by atoms with E-state index in [1.807, 2.05) is 0 Å². The number of hydrogen-bond donors (Lipinski definition) is 3. The molecule has 0 saturated heterocycles. The second-order valence-corrected chi connectivity index (χ2v) is 10.5. The number of nitrogens with one attached hydrogen (secondary N) is 1. The Balaban J connectivity index is 1.66. The van der Waals surface area contributed by atoms with Gasteiger partial charge in [-0.05, 0) is 48.1 Å². The Morgan fingerprint density at radius 1 is 1.06 bits per heavy atom. The third-order valence-corrected chi connectivity index (χ3v) is 8.15. The SMILES string of the molecule is CC1(C(=O)N[C@@H](Cc2ccc(OCc3c(Cl)cccc3Cl)cc2)C(=O)O)CCC(C(=O)O)C1(C)C. The standard InChI is InChI=1S/C26H29Cl2NO6/c1-25(2)18(22(30)31)11-12-26(25,3)24(34)29-21(23(32)33)13-15-7-9-16(10-8-15)35-14-17-19(27)5-4-6-20(17)28/h4-10,18,21H,11-14H2,1-3H3,(H,29,34)(H,30,31)(H,32,33)/t18?,21-,26?/m0/s1. The smallest absolute Gasteiger partial charge is 0.326 e. The van der Waals surface area contributed by atoms with Gasteiger partial charge in [0, 0.05) is 22.0 Å². The Bertz CT molecular complexity index is 1100. The Kier molecular flexibility index (Phi) is 8.02. The van der Waals surface area contributed by atoms with Crippen LogP contribution >= 0.6 is 23.2 Å². The Labute approximate surface area is 214 Å². The van der Waals surface area contributed by atoms with Crippen molar-refractivity contribution in [2.24, 2.45) is 16.7 Å². The molecule has 1 aliphatic carbocycles. The van der Waals surface area contributed by atoms with Crippen molar-refractivity contribution in [3.63, 3.8) is 0 Å². The molecule has 1 aliphatic rings. The van der Waals surface area contributed by atoms with E-state index in [0.29, 0.717) is 39.8 Å². The molecule has 0 bridgehead atoms. The number of rotatable bonds is 9. The van der Waals surface area contributed by atoms with E-state index < -0.39 is 40.6 Å². The fourth-order valence-corrected chi connectivity index (χ4v) is 5.15. The molecule has 1 saturated carbocycles. The van der Waals surface area contributed by atoms with Crippen molar-refractivity contribution in [1.29, 1.82) is 0 Å². The van der Waals surface area contributed by atoms with Crippen LogP contribution in [-0.4, -0.2) is 34.1 Å². The maximum absolute atomic E-state index is 13.2. The molecule has 7 nitrogen and oxygen atoms in total. The number of halogens is 2. The maximum Gasteiger partial charge on any atom is 0.326 e. The second kappa shape index (κ2) is 10.5. The van der Waals surface area contributed by atoms with Crippen LogP contribution in [0.15, 0.2) is 42.5 Å². The van der Waals surface area contributed by atoms with E-state index in [1.165, 1.54) is 0 Å². The van der Waals surface area contributed by atoms with Gasteiger partial charge >= 0.3 is 11.9 Å². The Morgan fingerprint density at radius 3 is 2.17 bits per heavy atom. The summed E-state index contributed by atoms with van der Waals surface area (Å²) in [5.41, 5.74) is -0.459. The van der Waals surface area contributed by atoms with E-state index >= 15 is 0 Å². The minimum atomic E-state index is -1.17. The second-order valence-electron chi connectivity index (χ2n) is 9.68. The summed E-state index contributed by atoms with van der Waals surface area (Å²) >= 11 is 12.3.